The summed E-state index contributed by atoms with van der Waals surface area (Å²) in [6, 6.07) is 0. The summed E-state index contributed by atoms with van der Waals surface area (Å²) in [5.74, 6) is 0.156. The molecule has 1 amide bonds. The Bertz CT molecular complexity index is 439. The second-order valence-electron chi connectivity index (χ2n) is 5.13. The SMILES string of the molecule is CC(C)c1[nH]nc(C(=O)NCC[C@H]2CCCO2)c1Br. The summed E-state index contributed by atoms with van der Waals surface area (Å²) >= 11 is 3.43. The number of ether oxygens (including phenoxy) is 1. The number of rotatable bonds is 5. The fourth-order valence-electron chi connectivity index (χ4n) is 2.18. The molecule has 2 N–H and O–H groups in total. The molecule has 0 unspecified atom stereocenters. The number of nitrogens with one attached hydrogen (secondary N) is 2. The van der Waals surface area contributed by atoms with Crippen molar-refractivity contribution in [2.45, 2.75) is 45.1 Å². The maximum Gasteiger partial charge on any atom is 0.272 e. The van der Waals surface area contributed by atoms with E-state index in [9.17, 15) is 4.79 Å². The number of amides is 1. The summed E-state index contributed by atoms with van der Waals surface area (Å²) < 4.78 is 6.28. The topological polar surface area (TPSA) is 67.0 Å². The van der Waals surface area contributed by atoms with Crippen LogP contribution in [0.3, 0.4) is 0 Å². The number of carbonyl (C=O) groups is 1. The molecule has 1 aromatic rings. The van der Waals surface area contributed by atoms with Crippen molar-refractivity contribution in [1.82, 2.24) is 15.5 Å². The first-order valence-corrected chi connectivity index (χ1v) is 7.52. The van der Waals surface area contributed by atoms with E-state index in [2.05, 4.69) is 45.3 Å². The predicted molar refractivity (Wildman–Crippen MR) is 76.3 cm³/mol. The van der Waals surface area contributed by atoms with Crippen molar-refractivity contribution in [1.29, 1.82) is 0 Å². The van der Waals surface area contributed by atoms with Gasteiger partial charge >= 0.3 is 0 Å². The highest BCUT2D eigenvalue weighted by Crippen LogP contribution is 2.25. The average Bonchev–Trinajstić information content (AvgIpc) is 2.98. The van der Waals surface area contributed by atoms with E-state index in [1.807, 2.05) is 0 Å². The molecule has 0 aromatic carbocycles. The molecule has 0 radical (unpaired) electrons. The number of hydrogen-bond acceptors (Lipinski definition) is 3. The van der Waals surface area contributed by atoms with Crippen molar-refractivity contribution < 1.29 is 9.53 Å². The van der Waals surface area contributed by atoms with Crippen LogP contribution in [0, 0.1) is 0 Å². The number of aromatic amines is 1. The second kappa shape index (κ2) is 6.52. The third kappa shape index (κ3) is 3.57. The Hall–Kier alpha value is -0.880. The quantitative estimate of drug-likeness (QED) is 0.872. The number of aromatic nitrogens is 2. The number of halogens is 1. The smallest absolute Gasteiger partial charge is 0.272 e. The largest absolute Gasteiger partial charge is 0.378 e. The monoisotopic (exact) mass is 329 g/mol. The molecule has 1 aromatic heterocycles. The van der Waals surface area contributed by atoms with Gasteiger partial charge in [0.2, 0.25) is 0 Å². The molecule has 1 fully saturated rings. The number of H-pyrrole nitrogens is 1. The van der Waals surface area contributed by atoms with E-state index in [1.165, 1.54) is 0 Å². The third-order valence-corrected chi connectivity index (χ3v) is 4.10. The average molecular weight is 330 g/mol. The molecule has 2 heterocycles. The third-order valence-electron chi connectivity index (χ3n) is 3.30. The lowest BCUT2D eigenvalue weighted by molar-refractivity contribution is 0.0902. The van der Waals surface area contributed by atoms with E-state index in [0.717, 1.165) is 36.0 Å². The maximum absolute atomic E-state index is 12.0. The number of nitrogens with zero attached hydrogens (tertiary/aromatic N) is 1. The van der Waals surface area contributed by atoms with Crippen LogP contribution in [0.5, 0.6) is 0 Å². The maximum atomic E-state index is 12.0. The lowest BCUT2D eigenvalue weighted by atomic mass is 10.1. The van der Waals surface area contributed by atoms with Crippen molar-refractivity contribution in [3.8, 4) is 0 Å². The van der Waals surface area contributed by atoms with Crippen molar-refractivity contribution >= 4 is 21.8 Å². The Morgan fingerprint density at radius 2 is 2.42 bits per heavy atom. The van der Waals surface area contributed by atoms with Gasteiger partial charge in [0.25, 0.3) is 5.91 Å². The second-order valence-corrected chi connectivity index (χ2v) is 5.93. The highest BCUT2D eigenvalue weighted by Gasteiger charge is 2.20. The molecule has 2 rings (SSSR count). The van der Waals surface area contributed by atoms with Gasteiger partial charge in [0.1, 0.15) is 0 Å². The molecule has 0 aliphatic carbocycles. The van der Waals surface area contributed by atoms with Crippen LogP contribution in [0.25, 0.3) is 0 Å². The first-order chi connectivity index (χ1) is 9.09. The van der Waals surface area contributed by atoms with Gasteiger partial charge in [-0.15, -0.1) is 0 Å². The normalized spacial score (nSPS) is 19.1. The van der Waals surface area contributed by atoms with Gasteiger partial charge < -0.3 is 10.1 Å². The van der Waals surface area contributed by atoms with Crippen LogP contribution in [0.15, 0.2) is 4.47 Å². The fourth-order valence-corrected chi connectivity index (χ4v) is 2.99. The molecule has 1 aliphatic heterocycles. The lowest BCUT2D eigenvalue weighted by Gasteiger charge is -2.09. The van der Waals surface area contributed by atoms with Crippen LogP contribution in [0.2, 0.25) is 0 Å². The summed E-state index contributed by atoms with van der Waals surface area (Å²) in [5, 5.41) is 9.86. The van der Waals surface area contributed by atoms with Crippen LogP contribution in [-0.4, -0.2) is 35.4 Å². The highest BCUT2D eigenvalue weighted by atomic mass is 79.9. The molecule has 0 saturated carbocycles. The van der Waals surface area contributed by atoms with E-state index in [0.29, 0.717) is 24.3 Å². The van der Waals surface area contributed by atoms with Gasteiger partial charge in [-0.05, 0) is 41.1 Å². The Morgan fingerprint density at radius 1 is 1.63 bits per heavy atom. The van der Waals surface area contributed by atoms with Crippen LogP contribution in [0.4, 0.5) is 0 Å². The zero-order valence-electron chi connectivity index (χ0n) is 11.3. The summed E-state index contributed by atoms with van der Waals surface area (Å²) in [6.45, 7) is 5.58. The van der Waals surface area contributed by atoms with Crippen molar-refractivity contribution in [3.05, 3.63) is 15.9 Å². The zero-order valence-corrected chi connectivity index (χ0v) is 12.9. The minimum Gasteiger partial charge on any atom is -0.378 e. The molecule has 6 heteroatoms. The van der Waals surface area contributed by atoms with Gasteiger partial charge in [-0.25, -0.2) is 0 Å². The van der Waals surface area contributed by atoms with E-state index in [4.69, 9.17) is 4.74 Å². The lowest BCUT2D eigenvalue weighted by Crippen LogP contribution is -2.27. The predicted octanol–water partition coefficient (Wildman–Crippen LogP) is 2.59. The molecule has 0 spiro atoms. The number of carbonyl (C=O) groups excluding carboxylic acids is 1. The Labute approximate surface area is 121 Å². The van der Waals surface area contributed by atoms with Crippen LogP contribution in [0.1, 0.15) is 55.2 Å². The summed E-state index contributed by atoms with van der Waals surface area (Å²) in [4.78, 5) is 12.0. The summed E-state index contributed by atoms with van der Waals surface area (Å²) in [5.41, 5.74) is 1.38. The van der Waals surface area contributed by atoms with E-state index in [1.54, 1.807) is 0 Å². The minimum absolute atomic E-state index is 0.145. The van der Waals surface area contributed by atoms with Crippen molar-refractivity contribution in [3.63, 3.8) is 0 Å². The van der Waals surface area contributed by atoms with Gasteiger partial charge in [0.05, 0.1) is 16.3 Å². The molecule has 0 bridgehead atoms. The molecule has 1 aliphatic rings. The van der Waals surface area contributed by atoms with Crippen LogP contribution < -0.4 is 5.32 Å². The van der Waals surface area contributed by atoms with Crippen molar-refractivity contribution in [2.24, 2.45) is 0 Å². The molecule has 5 nitrogen and oxygen atoms in total. The Morgan fingerprint density at radius 3 is 3.00 bits per heavy atom. The first-order valence-electron chi connectivity index (χ1n) is 6.73. The summed E-state index contributed by atoms with van der Waals surface area (Å²) in [7, 11) is 0. The zero-order chi connectivity index (χ0) is 13.8. The molecular formula is C13H20BrN3O2. The molecule has 1 saturated heterocycles. The minimum atomic E-state index is -0.145. The van der Waals surface area contributed by atoms with Crippen molar-refractivity contribution in [2.75, 3.05) is 13.2 Å². The van der Waals surface area contributed by atoms with Crippen LogP contribution in [-0.2, 0) is 4.74 Å². The van der Waals surface area contributed by atoms with Gasteiger partial charge in [-0.1, -0.05) is 13.8 Å². The van der Waals surface area contributed by atoms with Crippen LogP contribution >= 0.6 is 15.9 Å². The van der Waals surface area contributed by atoms with E-state index >= 15 is 0 Å². The molecular weight excluding hydrogens is 310 g/mol. The molecule has 106 valence electrons. The number of hydrogen-bond donors (Lipinski definition) is 2. The summed E-state index contributed by atoms with van der Waals surface area (Å²) in [6.07, 6.45) is 3.39. The van der Waals surface area contributed by atoms with Gasteiger partial charge in [-0.2, -0.15) is 5.10 Å². The highest BCUT2D eigenvalue weighted by molar-refractivity contribution is 9.10. The molecule has 19 heavy (non-hydrogen) atoms. The Balaban J connectivity index is 1.85. The van der Waals surface area contributed by atoms with Gasteiger partial charge in [-0.3, -0.25) is 9.89 Å². The van der Waals surface area contributed by atoms with Gasteiger partial charge in [0.15, 0.2) is 5.69 Å². The standard InChI is InChI=1S/C13H20BrN3O2/c1-8(2)11-10(14)12(17-16-11)13(18)15-6-5-9-4-3-7-19-9/h8-9H,3-7H2,1-2H3,(H,15,18)(H,16,17)/t9-/m1/s1. The van der Waals surface area contributed by atoms with Gasteiger partial charge in [0, 0.05) is 13.2 Å². The fraction of sp³-hybridized carbons (Fsp3) is 0.692. The van der Waals surface area contributed by atoms with E-state index < -0.39 is 0 Å². The Kier molecular flexibility index (Phi) is 4.99. The van der Waals surface area contributed by atoms with E-state index in [-0.39, 0.29) is 5.91 Å². The molecule has 1 atom stereocenters. The first kappa shape index (κ1) is 14.5.